The van der Waals surface area contributed by atoms with E-state index in [1.54, 1.807) is 0 Å². The van der Waals surface area contributed by atoms with Crippen molar-refractivity contribution in [2.24, 2.45) is 11.5 Å². The van der Waals surface area contributed by atoms with E-state index in [2.05, 4.69) is 0 Å². The number of aliphatic hydroxyl groups excluding tert-OH is 2. The maximum absolute atomic E-state index is 8.79. The van der Waals surface area contributed by atoms with Crippen LogP contribution in [0, 0.1) is 0 Å². The van der Waals surface area contributed by atoms with Gasteiger partial charge in [0.2, 0.25) is 0 Å². The molecule has 2 unspecified atom stereocenters. The summed E-state index contributed by atoms with van der Waals surface area (Å²) in [7, 11) is 0. The van der Waals surface area contributed by atoms with Crippen LogP contribution in [-0.2, 0) is 0 Å². The minimum Gasteiger partial charge on any atom is -0.388 e. The average molecular weight is 150 g/mol. The monoisotopic (exact) mass is 150 g/mol. The highest BCUT2D eigenvalue weighted by atomic mass is 16.5. The molecule has 0 aliphatic rings. The van der Waals surface area contributed by atoms with E-state index in [0.29, 0.717) is 0 Å². The molecular formula is C5H14N2O3. The number of hydrogen-bond acceptors (Lipinski definition) is 5. The van der Waals surface area contributed by atoms with Gasteiger partial charge in [0.15, 0.2) is 6.29 Å². The smallest absolute Gasteiger partial charge is 0.178 e. The van der Waals surface area contributed by atoms with Gasteiger partial charge in [0, 0.05) is 12.6 Å². The highest BCUT2D eigenvalue weighted by Crippen LogP contribution is 1.97. The van der Waals surface area contributed by atoms with Crippen LogP contribution in [0.1, 0.15) is 6.42 Å². The Labute approximate surface area is 59.3 Å². The summed E-state index contributed by atoms with van der Waals surface area (Å²) in [6.45, 7) is 0.226. The van der Waals surface area contributed by atoms with Gasteiger partial charge in [0.05, 0.1) is 0 Å². The van der Waals surface area contributed by atoms with Crippen LogP contribution >= 0.6 is 0 Å². The Bertz CT molecular complexity index is 89.0. The molecule has 62 valence electrons. The van der Waals surface area contributed by atoms with Crippen LogP contribution in [0.5, 0.6) is 0 Å². The maximum Gasteiger partial charge on any atom is 0.178 e. The molecule has 10 heavy (non-hydrogen) atoms. The molecule has 0 radical (unpaired) electrons. The van der Waals surface area contributed by atoms with Crippen molar-refractivity contribution in [3.63, 3.8) is 0 Å². The van der Waals surface area contributed by atoms with Gasteiger partial charge >= 0.3 is 0 Å². The van der Waals surface area contributed by atoms with E-state index in [0.717, 1.165) is 0 Å². The molecular weight excluding hydrogens is 136 g/mol. The highest BCUT2D eigenvalue weighted by molar-refractivity contribution is 4.68. The first-order chi connectivity index (χ1) is 4.57. The zero-order valence-electron chi connectivity index (χ0n) is 5.64. The van der Waals surface area contributed by atoms with E-state index in [4.69, 9.17) is 26.8 Å². The molecule has 2 atom stereocenters. The van der Waals surface area contributed by atoms with Crippen LogP contribution in [-0.4, -0.2) is 40.3 Å². The Balaban J connectivity index is 3.46. The number of rotatable bonds is 4. The first kappa shape index (κ1) is 9.80. The van der Waals surface area contributed by atoms with E-state index in [-0.39, 0.29) is 19.0 Å². The topological polar surface area (TPSA) is 113 Å². The summed E-state index contributed by atoms with van der Waals surface area (Å²) < 4.78 is 0. The predicted octanol–water partition coefficient (Wildman–Crippen LogP) is -2.67. The molecule has 5 nitrogen and oxygen atoms in total. The standard InChI is InChI=1S/C5H14N2O3/c6-2-3(7)1-4(8)5(9)10/h3-5,8-10H,1-2,6-7H2. The minimum atomic E-state index is -1.72. The molecule has 0 amide bonds. The Kier molecular flexibility index (Phi) is 4.50. The predicted molar refractivity (Wildman–Crippen MR) is 35.9 cm³/mol. The Morgan fingerprint density at radius 3 is 2.00 bits per heavy atom. The molecule has 0 saturated carbocycles. The Morgan fingerprint density at radius 2 is 1.70 bits per heavy atom. The van der Waals surface area contributed by atoms with Crippen molar-refractivity contribution in [2.75, 3.05) is 6.54 Å². The van der Waals surface area contributed by atoms with Crippen LogP contribution in [0.25, 0.3) is 0 Å². The lowest BCUT2D eigenvalue weighted by atomic mass is 10.1. The first-order valence-corrected chi connectivity index (χ1v) is 3.07. The maximum atomic E-state index is 8.79. The summed E-state index contributed by atoms with van der Waals surface area (Å²) in [4.78, 5) is 0. The quantitative estimate of drug-likeness (QED) is 0.281. The molecule has 0 spiro atoms. The molecule has 0 aromatic rings. The van der Waals surface area contributed by atoms with E-state index in [1.807, 2.05) is 0 Å². The van der Waals surface area contributed by atoms with Gasteiger partial charge in [-0.1, -0.05) is 0 Å². The first-order valence-electron chi connectivity index (χ1n) is 3.07. The fourth-order valence-electron chi connectivity index (χ4n) is 0.528. The van der Waals surface area contributed by atoms with Crippen molar-refractivity contribution in [2.45, 2.75) is 24.9 Å². The van der Waals surface area contributed by atoms with Crippen LogP contribution in [0.2, 0.25) is 0 Å². The van der Waals surface area contributed by atoms with Gasteiger partial charge in [-0.15, -0.1) is 0 Å². The third-order valence-electron chi connectivity index (χ3n) is 1.19. The van der Waals surface area contributed by atoms with E-state index < -0.39 is 12.4 Å². The van der Waals surface area contributed by atoms with Gasteiger partial charge in [0.25, 0.3) is 0 Å². The summed E-state index contributed by atoms with van der Waals surface area (Å²) in [5.74, 6) is 0. The van der Waals surface area contributed by atoms with Gasteiger partial charge in [0.1, 0.15) is 6.10 Å². The van der Waals surface area contributed by atoms with Crippen molar-refractivity contribution in [1.29, 1.82) is 0 Å². The fourth-order valence-corrected chi connectivity index (χ4v) is 0.528. The SMILES string of the molecule is NCC(N)CC(O)C(O)O. The lowest BCUT2D eigenvalue weighted by Crippen LogP contribution is -2.37. The third kappa shape index (κ3) is 3.76. The van der Waals surface area contributed by atoms with Gasteiger partial charge in [-0.2, -0.15) is 0 Å². The zero-order valence-corrected chi connectivity index (χ0v) is 5.64. The fraction of sp³-hybridized carbons (Fsp3) is 1.00. The second-order valence-electron chi connectivity index (χ2n) is 2.21. The van der Waals surface area contributed by atoms with Crippen molar-refractivity contribution >= 4 is 0 Å². The van der Waals surface area contributed by atoms with Gasteiger partial charge in [-0.25, -0.2) is 0 Å². The molecule has 0 fully saturated rings. The molecule has 0 aliphatic heterocycles. The molecule has 0 aromatic carbocycles. The van der Waals surface area contributed by atoms with Crippen LogP contribution in [0.4, 0.5) is 0 Å². The van der Waals surface area contributed by atoms with Crippen molar-refractivity contribution < 1.29 is 15.3 Å². The lowest BCUT2D eigenvalue weighted by Gasteiger charge is -2.15. The molecule has 0 rings (SSSR count). The minimum absolute atomic E-state index is 0.105. The summed E-state index contributed by atoms with van der Waals surface area (Å²) in [5, 5.41) is 25.5. The molecule has 0 heterocycles. The van der Waals surface area contributed by atoms with E-state index in [1.165, 1.54) is 0 Å². The second-order valence-corrected chi connectivity index (χ2v) is 2.21. The third-order valence-corrected chi connectivity index (χ3v) is 1.19. The Morgan fingerprint density at radius 1 is 1.20 bits per heavy atom. The second kappa shape index (κ2) is 4.59. The normalized spacial score (nSPS) is 17.4. The Hall–Kier alpha value is -0.200. The van der Waals surface area contributed by atoms with Gasteiger partial charge < -0.3 is 26.8 Å². The lowest BCUT2D eigenvalue weighted by molar-refractivity contribution is -0.125. The average Bonchev–Trinajstić information content (AvgIpc) is 1.87. The molecule has 7 N–H and O–H groups in total. The van der Waals surface area contributed by atoms with Gasteiger partial charge in [-0.3, -0.25) is 0 Å². The van der Waals surface area contributed by atoms with E-state index in [9.17, 15) is 0 Å². The van der Waals surface area contributed by atoms with Crippen molar-refractivity contribution in [1.82, 2.24) is 0 Å². The summed E-state index contributed by atoms with van der Waals surface area (Å²) in [6.07, 6.45) is -2.81. The molecule has 0 saturated heterocycles. The molecule has 0 aliphatic carbocycles. The molecule has 5 heteroatoms. The van der Waals surface area contributed by atoms with Crippen molar-refractivity contribution in [3.8, 4) is 0 Å². The van der Waals surface area contributed by atoms with E-state index >= 15 is 0 Å². The molecule has 0 bridgehead atoms. The molecule has 0 aromatic heterocycles. The number of hydrogen-bond donors (Lipinski definition) is 5. The van der Waals surface area contributed by atoms with Gasteiger partial charge in [-0.05, 0) is 6.42 Å². The largest absolute Gasteiger partial charge is 0.388 e. The number of aliphatic hydroxyl groups is 3. The summed E-state index contributed by atoms with van der Waals surface area (Å²) in [5.41, 5.74) is 10.4. The van der Waals surface area contributed by atoms with Crippen LogP contribution in [0.15, 0.2) is 0 Å². The van der Waals surface area contributed by atoms with Crippen LogP contribution in [0.3, 0.4) is 0 Å². The van der Waals surface area contributed by atoms with Crippen molar-refractivity contribution in [3.05, 3.63) is 0 Å². The number of nitrogens with two attached hydrogens (primary N) is 2. The zero-order chi connectivity index (χ0) is 8.15. The summed E-state index contributed by atoms with van der Waals surface area (Å²) in [6, 6.07) is -0.378. The highest BCUT2D eigenvalue weighted by Gasteiger charge is 2.15. The van der Waals surface area contributed by atoms with Crippen LogP contribution < -0.4 is 11.5 Å². The summed E-state index contributed by atoms with van der Waals surface area (Å²) >= 11 is 0.